The first-order chi connectivity index (χ1) is 11.7. The van der Waals surface area contributed by atoms with Gasteiger partial charge in [-0.05, 0) is 36.8 Å². The van der Waals surface area contributed by atoms with Crippen LogP contribution in [0.1, 0.15) is 20.9 Å². The van der Waals surface area contributed by atoms with E-state index in [1.807, 2.05) is 42.2 Å². The number of rotatable bonds is 5. The highest BCUT2D eigenvalue weighted by Crippen LogP contribution is 2.28. The molecule has 1 amide bonds. The molecule has 1 aromatic carbocycles. The highest BCUT2D eigenvalue weighted by atomic mass is 32.1. The predicted octanol–water partition coefficient (Wildman–Crippen LogP) is 2.70. The van der Waals surface area contributed by atoms with Crippen LogP contribution in [0.4, 0.5) is 10.9 Å². The van der Waals surface area contributed by atoms with E-state index in [9.17, 15) is 4.79 Å². The Balaban J connectivity index is 1.88. The van der Waals surface area contributed by atoms with Gasteiger partial charge in [-0.2, -0.15) is 0 Å². The normalized spacial score (nSPS) is 10.4. The first-order valence-corrected chi connectivity index (χ1v) is 8.01. The van der Waals surface area contributed by atoms with E-state index in [0.717, 1.165) is 21.5 Å². The molecule has 0 aliphatic carbocycles. The number of aryl methyl sites for hydroxylation is 1. The molecule has 0 bridgehead atoms. The minimum Gasteiger partial charge on any atom is -0.296 e. The van der Waals surface area contributed by atoms with Gasteiger partial charge >= 0.3 is 0 Å². The van der Waals surface area contributed by atoms with Gasteiger partial charge in [0.05, 0.1) is 6.54 Å². The summed E-state index contributed by atoms with van der Waals surface area (Å²) in [4.78, 5) is 17.7. The monoisotopic (exact) mass is 341 g/mol. The van der Waals surface area contributed by atoms with Crippen LogP contribution in [0.5, 0.6) is 0 Å². The van der Waals surface area contributed by atoms with Crippen molar-refractivity contribution in [3.63, 3.8) is 0 Å². The molecule has 2 aromatic heterocycles. The molecule has 2 heterocycles. The Morgan fingerprint density at radius 1 is 1.21 bits per heavy atom. The number of nitrogens with one attached hydrogen (secondary N) is 1. The van der Waals surface area contributed by atoms with Gasteiger partial charge in [0.2, 0.25) is 5.13 Å². The molecule has 2 N–H and O–H groups in total. The van der Waals surface area contributed by atoms with Crippen LogP contribution in [0, 0.1) is 6.92 Å². The average Bonchev–Trinajstić information content (AvgIpc) is 3.06. The highest BCUT2D eigenvalue weighted by molar-refractivity contribution is 7.15. The van der Waals surface area contributed by atoms with Gasteiger partial charge in [0.25, 0.3) is 5.91 Å². The third kappa shape index (κ3) is 3.55. The van der Waals surface area contributed by atoms with E-state index in [2.05, 4.69) is 15.2 Å². The van der Waals surface area contributed by atoms with Crippen molar-refractivity contribution in [2.45, 2.75) is 13.5 Å². The molecule has 0 aliphatic rings. The zero-order valence-electron chi connectivity index (χ0n) is 12.9. The van der Waals surface area contributed by atoms with Gasteiger partial charge in [0.1, 0.15) is 10.8 Å². The number of benzene rings is 1. The summed E-state index contributed by atoms with van der Waals surface area (Å²) in [6.07, 6.45) is 1.73. The first-order valence-electron chi connectivity index (χ1n) is 7.19. The van der Waals surface area contributed by atoms with Crippen molar-refractivity contribution in [1.29, 1.82) is 0 Å². The Bertz CT molecular complexity index is 820. The number of carbonyl (C=O) groups is 1. The number of anilines is 2. The molecule has 8 heteroatoms. The standard InChI is InChI=1S/C16H15N5O2S/c1-11-18-19-16(24-11)21(14-4-2-3-9-17-14)10-12-5-7-13(8-6-12)15(22)20-23/h2-9,23H,10H2,1H3,(H,20,22). The second-order valence-corrected chi connectivity index (χ2v) is 6.18. The molecule has 0 saturated heterocycles. The number of aromatic nitrogens is 3. The van der Waals surface area contributed by atoms with Crippen molar-refractivity contribution in [1.82, 2.24) is 20.7 Å². The van der Waals surface area contributed by atoms with Crippen LogP contribution in [0.3, 0.4) is 0 Å². The van der Waals surface area contributed by atoms with Crippen molar-refractivity contribution < 1.29 is 10.0 Å². The van der Waals surface area contributed by atoms with E-state index in [1.54, 1.807) is 23.8 Å². The number of hydrogen-bond donors (Lipinski definition) is 2. The molecule has 0 saturated carbocycles. The first kappa shape index (κ1) is 16.0. The summed E-state index contributed by atoms with van der Waals surface area (Å²) in [5.74, 6) is 0.230. The third-order valence-electron chi connectivity index (χ3n) is 3.33. The zero-order chi connectivity index (χ0) is 16.9. The zero-order valence-corrected chi connectivity index (χ0v) is 13.7. The summed E-state index contributed by atoms with van der Waals surface area (Å²) >= 11 is 1.49. The minimum atomic E-state index is -0.539. The van der Waals surface area contributed by atoms with Crippen molar-refractivity contribution in [3.05, 3.63) is 64.8 Å². The maximum Gasteiger partial charge on any atom is 0.274 e. The summed E-state index contributed by atoms with van der Waals surface area (Å²) in [5, 5.41) is 18.6. The topological polar surface area (TPSA) is 91.2 Å². The van der Waals surface area contributed by atoms with Crippen LogP contribution >= 0.6 is 11.3 Å². The molecule has 0 aliphatic heterocycles. The molecular weight excluding hydrogens is 326 g/mol. The molecule has 122 valence electrons. The van der Waals surface area contributed by atoms with Gasteiger partial charge in [0.15, 0.2) is 0 Å². The van der Waals surface area contributed by atoms with Crippen LogP contribution in [0.15, 0.2) is 48.7 Å². The maximum atomic E-state index is 11.4. The fraction of sp³-hybridized carbons (Fsp3) is 0.125. The van der Waals surface area contributed by atoms with Gasteiger partial charge in [-0.1, -0.05) is 29.5 Å². The summed E-state index contributed by atoms with van der Waals surface area (Å²) in [5.41, 5.74) is 2.98. The number of carbonyl (C=O) groups excluding carboxylic acids is 1. The van der Waals surface area contributed by atoms with Crippen LogP contribution in [-0.4, -0.2) is 26.3 Å². The van der Waals surface area contributed by atoms with Gasteiger partial charge in [-0.25, -0.2) is 10.5 Å². The largest absolute Gasteiger partial charge is 0.296 e. The number of amides is 1. The lowest BCUT2D eigenvalue weighted by molar-refractivity contribution is 0.0706. The van der Waals surface area contributed by atoms with E-state index < -0.39 is 5.91 Å². The summed E-state index contributed by atoms with van der Waals surface area (Å²) in [6, 6.07) is 12.6. The Labute approximate surface area is 142 Å². The van der Waals surface area contributed by atoms with Crippen LogP contribution in [0.25, 0.3) is 0 Å². The van der Waals surface area contributed by atoms with E-state index in [0.29, 0.717) is 12.1 Å². The van der Waals surface area contributed by atoms with Gasteiger partial charge in [0, 0.05) is 11.8 Å². The summed E-state index contributed by atoms with van der Waals surface area (Å²) in [6.45, 7) is 2.44. The highest BCUT2D eigenvalue weighted by Gasteiger charge is 2.15. The minimum absolute atomic E-state index is 0.386. The van der Waals surface area contributed by atoms with Crippen LogP contribution in [-0.2, 0) is 6.54 Å². The lowest BCUT2D eigenvalue weighted by atomic mass is 10.1. The SMILES string of the molecule is Cc1nnc(N(Cc2ccc(C(=O)NO)cc2)c2ccccn2)s1. The van der Waals surface area contributed by atoms with E-state index in [1.165, 1.54) is 11.3 Å². The Kier molecular flexibility index (Phi) is 4.78. The molecule has 0 radical (unpaired) electrons. The third-order valence-corrected chi connectivity index (χ3v) is 4.19. The second kappa shape index (κ2) is 7.16. The molecule has 3 aromatic rings. The smallest absolute Gasteiger partial charge is 0.274 e. The fourth-order valence-corrected chi connectivity index (χ4v) is 2.86. The predicted molar refractivity (Wildman–Crippen MR) is 90.4 cm³/mol. The molecule has 0 fully saturated rings. The second-order valence-electron chi connectivity index (χ2n) is 5.02. The quantitative estimate of drug-likeness (QED) is 0.548. The molecule has 0 atom stereocenters. The average molecular weight is 341 g/mol. The number of pyridine rings is 1. The van der Waals surface area contributed by atoms with Gasteiger partial charge in [-0.15, -0.1) is 10.2 Å². The fourth-order valence-electron chi connectivity index (χ4n) is 2.16. The molecule has 0 unspecified atom stereocenters. The maximum absolute atomic E-state index is 11.4. The summed E-state index contributed by atoms with van der Waals surface area (Å²) < 4.78 is 0. The van der Waals surface area contributed by atoms with Crippen molar-refractivity contribution >= 4 is 28.2 Å². The Hall–Kier alpha value is -2.84. The molecule has 24 heavy (non-hydrogen) atoms. The van der Waals surface area contributed by atoms with E-state index in [4.69, 9.17) is 5.21 Å². The Morgan fingerprint density at radius 2 is 2.00 bits per heavy atom. The number of hydrogen-bond acceptors (Lipinski definition) is 7. The molecule has 7 nitrogen and oxygen atoms in total. The summed E-state index contributed by atoms with van der Waals surface area (Å²) in [7, 11) is 0. The lowest BCUT2D eigenvalue weighted by Gasteiger charge is -2.20. The Morgan fingerprint density at radius 3 is 2.58 bits per heavy atom. The van der Waals surface area contributed by atoms with Gasteiger partial charge in [-0.3, -0.25) is 14.9 Å². The number of nitrogens with zero attached hydrogens (tertiary/aromatic N) is 4. The van der Waals surface area contributed by atoms with Crippen molar-refractivity contribution in [3.8, 4) is 0 Å². The molecule has 0 spiro atoms. The van der Waals surface area contributed by atoms with Crippen molar-refractivity contribution in [2.75, 3.05) is 4.90 Å². The van der Waals surface area contributed by atoms with E-state index >= 15 is 0 Å². The van der Waals surface area contributed by atoms with E-state index in [-0.39, 0.29) is 0 Å². The van der Waals surface area contributed by atoms with Crippen LogP contribution in [0.2, 0.25) is 0 Å². The number of hydroxylamine groups is 1. The van der Waals surface area contributed by atoms with Crippen molar-refractivity contribution in [2.24, 2.45) is 0 Å². The lowest BCUT2D eigenvalue weighted by Crippen LogP contribution is -2.19. The van der Waals surface area contributed by atoms with Gasteiger partial charge < -0.3 is 0 Å². The van der Waals surface area contributed by atoms with Crippen LogP contribution < -0.4 is 10.4 Å². The molecule has 3 rings (SSSR count). The molecular formula is C16H15N5O2S.